The van der Waals surface area contributed by atoms with Crippen LogP contribution in [0.4, 0.5) is 13.2 Å². The van der Waals surface area contributed by atoms with Crippen LogP contribution >= 0.6 is 0 Å². The first-order valence-corrected chi connectivity index (χ1v) is 4.94. The minimum absolute atomic E-state index is 0.195. The molecule has 0 saturated heterocycles. The fourth-order valence-electron chi connectivity index (χ4n) is 1.65. The van der Waals surface area contributed by atoms with Gasteiger partial charge in [0, 0.05) is 12.3 Å². The van der Waals surface area contributed by atoms with E-state index < -0.39 is 6.36 Å². The van der Waals surface area contributed by atoms with E-state index in [0.717, 1.165) is 25.1 Å². The summed E-state index contributed by atoms with van der Waals surface area (Å²) in [6, 6.07) is 5.94. The lowest BCUT2D eigenvalue weighted by Gasteiger charge is -2.09. The molecule has 0 amide bonds. The van der Waals surface area contributed by atoms with Crippen LogP contribution in [0.3, 0.4) is 0 Å². The first-order valence-electron chi connectivity index (χ1n) is 4.94. The summed E-state index contributed by atoms with van der Waals surface area (Å²) in [6.07, 6.45) is -2.87. The normalized spacial score (nSPS) is 16.1. The van der Waals surface area contributed by atoms with E-state index in [4.69, 9.17) is 0 Å². The van der Waals surface area contributed by atoms with Crippen molar-refractivity contribution in [1.29, 1.82) is 0 Å². The van der Waals surface area contributed by atoms with Crippen molar-refractivity contribution in [2.24, 2.45) is 4.99 Å². The second-order valence-corrected chi connectivity index (χ2v) is 3.51. The fraction of sp³-hybridized carbons (Fsp3) is 0.364. The summed E-state index contributed by atoms with van der Waals surface area (Å²) in [5.41, 5.74) is 1.56. The van der Waals surface area contributed by atoms with Gasteiger partial charge in [-0.3, -0.25) is 4.99 Å². The third kappa shape index (κ3) is 2.74. The van der Waals surface area contributed by atoms with Crippen molar-refractivity contribution in [2.45, 2.75) is 19.2 Å². The van der Waals surface area contributed by atoms with E-state index in [0.29, 0.717) is 5.56 Å². The van der Waals surface area contributed by atoms with Crippen LogP contribution in [0, 0.1) is 0 Å². The highest BCUT2D eigenvalue weighted by atomic mass is 19.4. The molecule has 2 nitrogen and oxygen atoms in total. The molecule has 1 aromatic carbocycles. The van der Waals surface area contributed by atoms with Crippen molar-refractivity contribution in [3.63, 3.8) is 0 Å². The van der Waals surface area contributed by atoms with Crippen LogP contribution in [0.1, 0.15) is 18.4 Å². The van der Waals surface area contributed by atoms with Crippen LogP contribution < -0.4 is 4.74 Å². The second kappa shape index (κ2) is 4.15. The smallest absolute Gasteiger partial charge is 0.406 e. The van der Waals surface area contributed by atoms with Crippen molar-refractivity contribution in [2.75, 3.05) is 6.54 Å². The summed E-state index contributed by atoms with van der Waals surface area (Å²) in [5, 5.41) is 0. The van der Waals surface area contributed by atoms with Crippen molar-refractivity contribution in [3.8, 4) is 5.75 Å². The van der Waals surface area contributed by atoms with Crippen molar-refractivity contribution in [1.82, 2.24) is 0 Å². The van der Waals surface area contributed by atoms with Crippen molar-refractivity contribution < 1.29 is 17.9 Å². The standard InChI is InChI=1S/C11H10F3NO/c12-11(13,14)16-9-4-1-3-8(7-9)10-5-2-6-15-10/h1,3-4,7H,2,5-6H2. The van der Waals surface area contributed by atoms with Crippen molar-refractivity contribution in [3.05, 3.63) is 29.8 Å². The molecule has 0 aromatic heterocycles. The molecular weight excluding hydrogens is 219 g/mol. The van der Waals surface area contributed by atoms with E-state index in [1.807, 2.05) is 0 Å². The third-order valence-electron chi connectivity index (χ3n) is 2.28. The maximum Gasteiger partial charge on any atom is 0.573 e. The third-order valence-corrected chi connectivity index (χ3v) is 2.28. The summed E-state index contributed by atoms with van der Waals surface area (Å²) in [5.74, 6) is -0.195. The average molecular weight is 229 g/mol. The Kier molecular flexibility index (Phi) is 2.85. The van der Waals surface area contributed by atoms with Gasteiger partial charge in [0.05, 0.1) is 0 Å². The van der Waals surface area contributed by atoms with E-state index in [9.17, 15) is 13.2 Å². The molecule has 1 aliphatic rings. The molecule has 0 saturated carbocycles. The lowest BCUT2D eigenvalue weighted by atomic mass is 10.1. The second-order valence-electron chi connectivity index (χ2n) is 3.51. The van der Waals surface area contributed by atoms with Gasteiger partial charge in [-0.2, -0.15) is 0 Å². The Balaban J connectivity index is 2.19. The van der Waals surface area contributed by atoms with Crippen LogP contribution in [0.15, 0.2) is 29.3 Å². The molecule has 1 heterocycles. The Bertz CT molecular complexity index is 412. The van der Waals surface area contributed by atoms with E-state index in [1.54, 1.807) is 6.07 Å². The number of halogens is 3. The molecule has 0 fully saturated rings. The van der Waals surface area contributed by atoms with E-state index in [2.05, 4.69) is 9.73 Å². The zero-order valence-electron chi connectivity index (χ0n) is 8.42. The first kappa shape index (κ1) is 11.0. The van der Waals surface area contributed by atoms with Gasteiger partial charge in [0.15, 0.2) is 0 Å². The first-order chi connectivity index (χ1) is 7.54. The van der Waals surface area contributed by atoms with Crippen LogP contribution in [0.5, 0.6) is 5.75 Å². The van der Waals surface area contributed by atoms with Gasteiger partial charge in [-0.25, -0.2) is 0 Å². The summed E-state index contributed by atoms with van der Waals surface area (Å²) in [6.45, 7) is 0.750. The zero-order valence-corrected chi connectivity index (χ0v) is 8.42. The predicted molar refractivity (Wildman–Crippen MR) is 53.8 cm³/mol. The molecule has 0 aliphatic carbocycles. The van der Waals surface area contributed by atoms with Gasteiger partial charge in [-0.05, 0) is 30.5 Å². The zero-order chi connectivity index (χ0) is 11.6. The summed E-state index contributed by atoms with van der Waals surface area (Å²) < 4.78 is 39.8. The Hall–Kier alpha value is -1.52. The van der Waals surface area contributed by atoms with Crippen LogP contribution in [0.2, 0.25) is 0 Å². The minimum atomic E-state index is -4.64. The molecule has 86 valence electrons. The van der Waals surface area contributed by atoms with E-state index in [-0.39, 0.29) is 5.75 Å². The summed E-state index contributed by atoms with van der Waals surface area (Å²) in [4.78, 5) is 4.22. The predicted octanol–water partition coefficient (Wildman–Crippen LogP) is 3.17. The molecule has 0 N–H and O–H groups in total. The van der Waals surface area contributed by atoms with Gasteiger partial charge in [-0.1, -0.05) is 12.1 Å². The van der Waals surface area contributed by atoms with Gasteiger partial charge >= 0.3 is 6.36 Å². The lowest BCUT2D eigenvalue weighted by Crippen LogP contribution is -2.17. The molecule has 0 bridgehead atoms. The summed E-state index contributed by atoms with van der Waals surface area (Å²) in [7, 11) is 0. The number of rotatable bonds is 2. The highest BCUT2D eigenvalue weighted by molar-refractivity contribution is 6.01. The Morgan fingerprint density at radius 2 is 2.06 bits per heavy atom. The van der Waals surface area contributed by atoms with Gasteiger partial charge in [-0.15, -0.1) is 13.2 Å². The molecular formula is C11H10F3NO. The van der Waals surface area contributed by atoms with Gasteiger partial charge in [0.1, 0.15) is 5.75 Å². The van der Waals surface area contributed by atoms with Crippen molar-refractivity contribution >= 4 is 5.71 Å². The Morgan fingerprint density at radius 3 is 2.69 bits per heavy atom. The maximum atomic E-state index is 12.0. The molecule has 0 radical (unpaired) electrons. The topological polar surface area (TPSA) is 21.6 Å². The average Bonchev–Trinajstić information content (AvgIpc) is 2.68. The van der Waals surface area contributed by atoms with E-state index in [1.165, 1.54) is 18.2 Å². The SMILES string of the molecule is FC(F)(F)Oc1cccc(C2=NCCC2)c1. The van der Waals surface area contributed by atoms with Crippen LogP contribution in [0.25, 0.3) is 0 Å². The molecule has 0 atom stereocenters. The Labute approximate surface area is 90.8 Å². The number of hydrogen-bond donors (Lipinski definition) is 0. The monoisotopic (exact) mass is 229 g/mol. The lowest BCUT2D eigenvalue weighted by molar-refractivity contribution is -0.274. The number of ether oxygens (including phenoxy) is 1. The maximum absolute atomic E-state index is 12.0. The molecule has 1 aromatic rings. The highest BCUT2D eigenvalue weighted by Gasteiger charge is 2.31. The Morgan fingerprint density at radius 1 is 1.25 bits per heavy atom. The quantitative estimate of drug-likeness (QED) is 0.763. The van der Waals surface area contributed by atoms with Gasteiger partial charge in [0.2, 0.25) is 0 Å². The number of benzene rings is 1. The molecule has 1 aliphatic heterocycles. The molecule has 16 heavy (non-hydrogen) atoms. The number of hydrogen-bond acceptors (Lipinski definition) is 2. The fourth-order valence-corrected chi connectivity index (χ4v) is 1.65. The van der Waals surface area contributed by atoms with Gasteiger partial charge < -0.3 is 4.74 Å². The molecule has 5 heteroatoms. The van der Waals surface area contributed by atoms with Crippen LogP contribution in [-0.2, 0) is 0 Å². The number of alkyl halides is 3. The summed E-state index contributed by atoms with van der Waals surface area (Å²) >= 11 is 0. The van der Waals surface area contributed by atoms with Crippen LogP contribution in [-0.4, -0.2) is 18.6 Å². The van der Waals surface area contributed by atoms with E-state index >= 15 is 0 Å². The largest absolute Gasteiger partial charge is 0.573 e. The molecule has 2 rings (SSSR count). The highest BCUT2D eigenvalue weighted by Crippen LogP contribution is 2.24. The molecule has 0 unspecified atom stereocenters. The number of aliphatic imine (C=N–C) groups is 1. The number of nitrogens with zero attached hydrogens (tertiary/aromatic N) is 1. The van der Waals surface area contributed by atoms with Gasteiger partial charge in [0.25, 0.3) is 0 Å². The minimum Gasteiger partial charge on any atom is -0.406 e. The molecule has 0 spiro atoms.